The van der Waals surface area contributed by atoms with Gasteiger partial charge >= 0.3 is 0 Å². The minimum atomic E-state index is -0.398. The fourth-order valence-electron chi connectivity index (χ4n) is 1.69. The molecule has 1 amide bonds. The van der Waals surface area contributed by atoms with Gasteiger partial charge < -0.3 is 10.2 Å². The maximum Gasteiger partial charge on any atom is 0.265 e. The molecule has 0 aliphatic rings. The van der Waals surface area contributed by atoms with Crippen LogP contribution in [0.25, 0.3) is 0 Å². The van der Waals surface area contributed by atoms with Crippen molar-refractivity contribution in [2.45, 2.75) is 6.92 Å². The molecule has 114 valence electrons. The second-order valence-corrected chi connectivity index (χ2v) is 5.40. The van der Waals surface area contributed by atoms with Gasteiger partial charge in [-0.05, 0) is 36.8 Å². The van der Waals surface area contributed by atoms with Crippen molar-refractivity contribution in [3.05, 3.63) is 63.9 Å². The zero-order chi connectivity index (χ0) is 15.9. The van der Waals surface area contributed by atoms with Gasteiger partial charge in [0.25, 0.3) is 5.91 Å². The predicted octanol–water partition coefficient (Wildman–Crippen LogP) is 3.89. The number of amides is 1. The number of anilines is 1. The zero-order valence-electron chi connectivity index (χ0n) is 11.8. The molecule has 0 saturated carbocycles. The first-order valence-electron chi connectivity index (χ1n) is 6.52. The van der Waals surface area contributed by atoms with Crippen LogP contribution < -0.4 is 5.32 Å². The van der Waals surface area contributed by atoms with E-state index in [0.29, 0.717) is 11.3 Å². The summed E-state index contributed by atoms with van der Waals surface area (Å²) >= 11 is 3.39. The maximum absolute atomic E-state index is 13.3. The van der Waals surface area contributed by atoms with Crippen LogP contribution in [0.5, 0.6) is 0 Å². The molecular weight excluding hydrogens is 351 g/mol. The molecule has 2 aromatic rings. The summed E-state index contributed by atoms with van der Waals surface area (Å²) in [6.45, 7) is 1.68. The van der Waals surface area contributed by atoms with Crippen LogP contribution in [0.15, 0.2) is 52.1 Å². The van der Waals surface area contributed by atoms with Crippen molar-refractivity contribution in [3.8, 4) is 0 Å². The number of hydrogen-bond acceptors (Lipinski definition) is 3. The number of rotatable bonds is 5. The van der Waals surface area contributed by atoms with Gasteiger partial charge in [-0.2, -0.15) is 0 Å². The first-order valence-corrected chi connectivity index (χ1v) is 7.31. The number of carbonyl (C=O) groups is 1. The summed E-state index contributed by atoms with van der Waals surface area (Å²) in [5.74, 6) is -0.739. The van der Waals surface area contributed by atoms with Gasteiger partial charge in [-0.25, -0.2) is 4.39 Å². The molecule has 0 spiro atoms. The van der Waals surface area contributed by atoms with E-state index in [2.05, 4.69) is 26.4 Å². The lowest BCUT2D eigenvalue weighted by atomic mass is 10.2. The number of carbonyl (C=O) groups excluding carboxylic acids is 1. The number of nitrogens with zero attached hydrogens (tertiary/aromatic N) is 1. The van der Waals surface area contributed by atoms with Gasteiger partial charge in [0.05, 0.1) is 6.21 Å². The highest BCUT2D eigenvalue weighted by Gasteiger charge is 2.04. The Morgan fingerprint density at radius 3 is 2.86 bits per heavy atom. The molecule has 0 atom stereocenters. The monoisotopic (exact) mass is 364 g/mol. The number of oxime groups is 1. The average molecular weight is 365 g/mol. The van der Waals surface area contributed by atoms with Crippen LogP contribution in [0.1, 0.15) is 11.1 Å². The summed E-state index contributed by atoms with van der Waals surface area (Å²) < 4.78 is 14.3. The van der Waals surface area contributed by atoms with Gasteiger partial charge in [-0.3, -0.25) is 4.79 Å². The van der Waals surface area contributed by atoms with Crippen LogP contribution in [-0.4, -0.2) is 18.7 Å². The molecule has 22 heavy (non-hydrogen) atoms. The second-order valence-electron chi connectivity index (χ2n) is 4.54. The van der Waals surface area contributed by atoms with E-state index < -0.39 is 5.82 Å². The van der Waals surface area contributed by atoms with Crippen molar-refractivity contribution in [3.63, 3.8) is 0 Å². The van der Waals surface area contributed by atoms with Crippen molar-refractivity contribution < 1.29 is 14.0 Å². The van der Waals surface area contributed by atoms with Crippen molar-refractivity contribution in [2.24, 2.45) is 5.16 Å². The standard InChI is InChI=1S/C16H14BrFN2O2/c1-11-8-13(6-7-14(11)17)20-16(21)10-22-19-9-12-4-2-3-5-15(12)18/h2-9H,10H2,1H3,(H,20,21)/b19-9-. The molecule has 2 rings (SSSR count). The second kappa shape index (κ2) is 7.70. The molecule has 0 heterocycles. The van der Waals surface area contributed by atoms with Gasteiger partial charge in [0, 0.05) is 15.7 Å². The Labute approximate surface area is 136 Å². The normalized spacial score (nSPS) is 10.7. The smallest absolute Gasteiger partial charge is 0.265 e. The first-order chi connectivity index (χ1) is 10.6. The predicted molar refractivity (Wildman–Crippen MR) is 87.5 cm³/mol. The van der Waals surface area contributed by atoms with E-state index >= 15 is 0 Å². The first kappa shape index (κ1) is 16.2. The lowest BCUT2D eigenvalue weighted by Crippen LogP contribution is -2.17. The minimum absolute atomic E-state index is 0.250. The van der Waals surface area contributed by atoms with Crippen molar-refractivity contribution >= 4 is 33.7 Å². The molecule has 0 saturated heterocycles. The quantitative estimate of drug-likeness (QED) is 0.646. The van der Waals surface area contributed by atoms with E-state index in [1.807, 2.05) is 19.1 Å². The van der Waals surface area contributed by atoms with Crippen LogP contribution in [0.3, 0.4) is 0 Å². The van der Waals surface area contributed by atoms with Gasteiger partial charge in [0.2, 0.25) is 0 Å². The molecule has 0 aliphatic heterocycles. The van der Waals surface area contributed by atoms with E-state index in [-0.39, 0.29) is 12.5 Å². The van der Waals surface area contributed by atoms with E-state index in [1.165, 1.54) is 12.3 Å². The number of benzene rings is 2. The lowest BCUT2D eigenvalue weighted by molar-refractivity contribution is -0.120. The van der Waals surface area contributed by atoms with Gasteiger partial charge in [-0.1, -0.05) is 39.3 Å². The summed E-state index contributed by atoms with van der Waals surface area (Å²) in [4.78, 5) is 16.6. The largest absolute Gasteiger partial charge is 0.386 e. The molecule has 6 heteroatoms. The van der Waals surface area contributed by atoms with Gasteiger partial charge in [-0.15, -0.1) is 0 Å². The highest BCUT2D eigenvalue weighted by atomic mass is 79.9. The molecule has 0 aliphatic carbocycles. The molecule has 1 N–H and O–H groups in total. The van der Waals surface area contributed by atoms with E-state index in [0.717, 1.165) is 10.0 Å². The third-order valence-corrected chi connectivity index (χ3v) is 3.70. The van der Waals surface area contributed by atoms with E-state index in [1.54, 1.807) is 24.3 Å². The van der Waals surface area contributed by atoms with Crippen molar-refractivity contribution in [1.82, 2.24) is 0 Å². The summed E-state index contributed by atoms with van der Waals surface area (Å²) in [6, 6.07) is 11.6. The molecule has 0 unspecified atom stereocenters. The molecule has 0 fully saturated rings. The molecular formula is C16H14BrFN2O2. The molecule has 0 radical (unpaired) electrons. The highest BCUT2D eigenvalue weighted by molar-refractivity contribution is 9.10. The van der Waals surface area contributed by atoms with Crippen molar-refractivity contribution in [2.75, 3.05) is 11.9 Å². The zero-order valence-corrected chi connectivity index (χ0v) is 13.4. The Morgan fingerprint density at radius 1 is 1.36 bits per heavy atom. The molecule has 0 bridgehead atoms. The third-order valence-electron chi connectivity index (χ3n) is 2.81. The molecule has 0 aromatic heterocycles. The average Bonchev–Trinajstić information content (AvgIpc) is 2.49. The van der Waals surface area contributed by atoms with Crippen LogP contribution in [0.4, 0.5) is 10.1 Å². The number of aryl methyl sites for hydroxylation is 1. The van der Waals surface area contributed by atoms with Gasteiger partial charge in [0.15, 0.2) is 6.61 Å². The number of nitrogens with one attached hydrogen (secondary N) is 1. The maximum atomic E-state index is 13.3. The Kier molecular flexibility index (Phi) is 5.66. The van der Waals surface area contributed by atoms with Crippen LogP contribution >= 0.6 is 15.9 Å². The van der Waals surface area contributed by atoms with Crippen LogP contribution in [0, 0.1) is 12.7 Å². The Morgan fingerprint density at radius 2 is 2.14 bits per heavy atom. The fourth-order valence-corrected chi connectivity index (χ4v) is 1.94. The van der Waals surface area contributed by atoms with Gasteiger partial charge in [0.1, 0.15) is 5.82 Å². The topological polar surface area (TPSA) is 50.7 Å². The summed E-state index contributed by atoms with van der Waals surface area (Å²) in [5, 5.41) is 6.27. The van der Waals surface area contributed by atoms with Crippen LogP contribution in [0.2, 0.25) is 0 Å². The fraction of sp³-hybridized carbons (Fsp3) is 0.125. The van der Waals surface area contributed by atoms with E-state index in [9.17, 15) is 9.18 Å². The lowest BCUT2D eigenvalue weighted by Gasteiger charge is -2.06. The SMILES string of the molecule is Cc1cc(NC(=O)CO/N=C\c2ccccc2F)ccc1Br. The Hall–Kier alpha value is -2.21. The summed E-state index contributed by atoms with van der Waals surface area (Å²) in [5.41, 5.74) is 1.98. The Bertz CT molecular complexity index is 704. The number of halogens is 2. The summed E-state index contributed by atoms with van der Waals surface area (Å²) in [7, 11) is 0. The minimum Gasteiger partial charge on any atom is -0.386 e. The van der Waals surface area contributed by atoms with E-state index in [4.69, 9.17) is 4.84 Å². The molecule has 2 aromatic carbocycles. The molecule has 4 nitrogen and oxygen atoms in total. The Balaban J connectivity index is 1.83. The number of hydrogen-bond donors (Lipinski definition) is 1. The van der Waals surface area contributed by atoms with Crippen molar-refractivity contribution in [1.29, 1.82) is 0 Å². The highest BCUT2D eigenvalue weighted by Crippen LogP contribution is 2.19. The third kappa shape index (κ3) is 4.66. The van der Waals surface area contributed by atoms with Crippen LogP contribution in [-0.2, 0) is 9.63 Å². The summed E-state index contributed by atoms with van der Waals surface area (Å²) in [6.07, 6.45) is 1.23.